The van der Waals surface area contributed by atoms with Crippen molar-refractivity contribution in [2.45, 2.75) is 6.92 Å². The molecule has 5 nitrogen and oxygen atoms in total. The molecule has 0 amide bonds. The van der Waals surface area contributed by atoms with Gasteiger partial charge < -0.3 is 13.9 Å². The number of benzene rings is 3. The lowest BCUT2D eigenvalue weighted by Gasteiger charge is -2.08. The van der Waals surface area contributed by atoms with Gasteiger partial charge in [0.05, 0.1) is 16.0 Å². The Morgan fingerprint density at radius 1 is 0.933 bits per heavy atom. The van der Waals surface area contributed by atoms with Crippen LogP contribution in [0, 0.1) is 6.92 Å². The molecule has 0 spiro atoms. The predicted octanol–water partition coefficient (Wildman–Crippen LogP) is 6.42. The highest BCUT2D eigenvalue weighted by Crippen LogP contribution is 2.26. The van der Waals surface area contributed by atoms with Gasteiger partial charge in [-0.15, -0.1) is 0 Å². The highest BCUT2D eigenvalue weighted by Gasteiger charge is 2.15. The maximum absolute atomic E-state index is 12.7. The summed E-state index contributed by atoms with van der Waals surface area (Å²) in [5, 5.41) is 0.884. The molecule has 0 aliphatic carbocycles. The van der Waals surface area contributed by atoms with Gasteiger partial charge >= 0.3 is 5.97 Å². The summed E-state index contributed by atoms with van der Waals surface area (Å²) in [6, 6.07) is 16.2. The SMILES string of the molecule is Cc1ccc(Oc2coc3cc(OC(=O)c4ccc(Cl)cc4Cl)ccc3c2=O)cc1. The first-order chi connectivity index (χ1) is 14.4. The minimum absolute atomic E-state index is 0.0593. The Morgan fingerprint density at radius 3 is 2.40 bits per heavy atom. The zero-order chi connectivity index (χ0) is 21.3. The molecule has 0 radical (unpaired) electrons. The molecule has 0 fully saturated rings. The predicted molar refractivity (Wildman–Crippen MR) is 115 cm³/mol. The fourth-order valence-corrected chi connectivity index (χ4v) is 3.26. The van der Waals surface area contributed by atoms with E-state index < -0.39 is 5.97 Å². The normalized spacial score (nSPS) is 10.8. The molecule has 150 valence electrons. The summed E-state index contributed by atoms with van der Waals surface area (Å²) >= 11 is 11.9. The van der Waals surface area contributed by atoms with Crippen molar-refractivity contribution in [1.82, 2.24) is 0 Å². The van der Waals surface area contributed by atoms with E-state index in [2.05, 4.69) is 0 Å². The number of hydrogen-bond acceptors (Lipinski definition) is 5. The summed E-state index contributed by atoms with van der Waals surface area (Å²) in [5.74, 6) is 0.133. The van der Waals surface area contributed by atoms with Crippen molar-refractivity contribution in [3.8, 4) is 17.2 Å². The van der Waals surface area contributed by atoms with Gasteiger partial charge in [-0.25, -0.2) is 4.79 Å². The Hall–Kier alpha value is -3.28. The lowest BCUT2D eigenvalue weighted by Crippen LogP contribution is -2.09. The minimum atomic E-state index is -0.655. The number of aryl methyl sites for hydroxylation is 1. The lowest BCUT2D eigenvalue weighted by molar-refractivity contribution is 0.0735. The molecule has 1 heterocycles. The summed E-state index contributed by atoms with van der Waals surface area (Å²) in [5.41, 5.74) is 1.17. The first kappa shape index (κ1) is 20.0. The molecule has 30 heavy (non-hydrogen) atoms. The van der Waals surface area contributed by atoms with Crippen LogP contribution < -0.4 is 14.9 Å². The van der Waals surface area contributed by atoms with E-state index in [-0.39, 0.29) is 33.1 Å². The van der Waals surface area contributed by atoms with E-state index in [9.17, 15) is 9.59 Å². The van der Waals surface area contributed by atoms with Gasteiger partial charge in [0.2, 0.25) is 11.2 Å². The molecule has 0 aliphatic heterocycles. The molecule has 0 saturated heterocycles. The molecule has 4 rings (SSSR count). The summed E-state index contributed by atoms with van der Waals surface area (Å²) < 4.78 is 16.5. The molecule has 0 saturated carbocycles. The summed E-state index contributed by atoms with van der Waals surface area (Å²) in [6.07, 6.45) is 1.23. The van der Waals surface area contributed by atoms with Crippen LogP contribution in [0.15, 0.2) is 76.1 Å². The van der Waals surface area contributed by atoms with E-state index in [4.69, 9.17) is 37.1 Å². The quantitative estimate of drug-likeness (QED) is 0.270. The van der Waals surface area contributed by atoms with Crippen molar-refractivity contribution < 1.29 is 18.7 Å². The number of fused-ring (bicyclic) bond motifs is 1. The standard InChI is InChI=1S/C23H14Cl2O5/c1-13-2-5-15(6-3-13)29-21-12-28-20-11-16(7-9-18(20)22(21)26)30-23(27)17-8-4-14(24)10-19(17)25/h2-12H,1H3. The van der Waals surface area contributed by atoms with E-state index in [0.29, 0.717) is 16.2 Å². The average Bonchev–Trinajstić information content (AvgIpc) is 2.71. The van der Waals surface area contributed by atoms with Gasteiger partial charge in [0, 0.05) is 11.1 Å². The largest absolute Gasteiger partial charge is 0.460 e. The van der Waals surface area contributed by atoms with Crippen LogP contribution >= 0.6 is 23.2 Å². The van der Waals surface area contributed by atoms with Gasteiger partial charge in [-0.05, 0) is 49.4 Å². The van der Waals surface area contributed by atoms with Gasteiger partial charge in [-0.2, -0.15) is 0 Å². The summed E-state index contributed by atoms with van der Waals surface area (Å²) in [7, 11) is 0. The van der Waals surface area contributed by atoms with Gasteiger partial charge in [-0.3, -0.25) is 4.79 Å². The Labute approximate surface area is 181 Å². The molecular weight excluding hydrogens is 427 g/mol. The maximum atomic E-state index is 12.7. The molecule has 1 aromatic heterocycles. The zero-order valence-electron chi connectivity index (χ0n) is 15.6. The first-order valence-electron chi connectivity index (χ1n) is 8.88. The van der Waals surface area contributed by atoms with E-state index in [1.165, 1.54) is 36.6 Å². The lowest BCUT2D eigenvalue weighted by atomic mass is 10.2. The second-order valence-corrected chi connectivity index (χ2v) is 7.36. The van der Waals surface area contributed by atoms with Crippen LogP contribution in [0.1, 0.15) is 15.9 Å². The minimum Gasteiger partial charge on any atom is -0.460 e. The van der Waals surface area contributed by atoms with Crippen LogP contribution in [0.3, 0.4) is 0 Å². The van der Waals surface area contributed by atoms with E-state index in [1.807, 2.05) is 19.1 Å². The van der Waals surface area contributed by atoms with Gasteiger partial charge in [-0.1, -0.05) is 40.9 Å². The van der Waals surface area contributed by atoms with Crippen molar-refractivity contribution in [3.63, 3.8) is 0 Å². The van der Waals surface area contributed by atoms with Crippen LogP contribution in [0.25, 0.3) is 11.0 Å². The molecule has 0 bridgehead atoms. The molecule has 0 atom stereocenters. The number of rotatable bonds is 4. The molecule has 0 aliphatic rings. The van der Waals surface area contributed by atoms with Crippen LogP contribution in [0.2, 0.25) is 10.0 Å². The smallest absolute Gasteiger partial charge is 0.345 e. The van der Waals surface area contributed by atoms with Crippen molar-refractivity contribution >= 4 is 40.1 Å². The first-order valence-corrected chi connectivity index (χ1v) is 9.63. The maximum Gasteiger partial charge on any atom is 0.345 e. The van der Waals surface area contributed by atoms with Crippen molar-refractivity contribution in [2.75, 3.05) is 0 Å². The van der Waals surface area contributed by atoms with Crippen LogP contribution in [0.4, 0.5) is 0 Å². The number of carbonyl (C=O) groups excluding carboxylic acids is 1. The molecule has 3 aromatic carbocycles. The van der Waals surface area contributed by atoms with E-state index in [1.54, 1.807) is 18.2 Å². The number of halogens is 2. The van der Waals surface area contributed by atoms with Crippen LogP contribution in [0.5, 0.6) is 17.2 Å². The monoisotopic (exact) mass is 440 g/mol. The highest BCUT2D eigenvalue weighted by atomic mass is 35.5. The number of carbonyl (C=O) groups is 1. The van der Waals surface area contributed by atoms with Gasteiger partial charge in [0.1, 0.15) is 23.3 Å². The molecule has 4 aromatic rings. The van der Waals surface area contributed by atoms with Crippen molar-refractivity contribution in [2.24, 2.45) is 0 Å². The van der Waals surface area contributed by atoms with Gasteiger partial charge in [0.15, 0.2) is 0 Å². The molecular formula is C23H14Cl2O5. The van der Waals surface area contributed by atoms with Crippen molar-refractivity contribution in [3.05, 3.63) is 98.3 Å². The van der Waals surface area contributed by atoms with Crippen LogP contribution in [-0.4, -0.2) is 5.97 Å². The number of ether oxygens (including phenoxy) is 2. The zero-order valence-corrected chi connectivity index (χ0v) is 17.2. The fraction of sp³-hybridized carbons (Fsp3) is 0.0435. The molecule has 0 unspecified atom stereocenters. The van der Waals surface area contributed by atoms with Gasteiger partial charge in [0.25, 0.3) is 0 Å². The van der Waals surface area contributed by atoms with E-state index in [0.717, 1.165) is 5.56 Å². The molecule has 7 heteroatoms. The Morgan fingerprint density at radius 2 is 1.67 bits per heavy atom. The number of hydrogen-bond donors (Lipinski definition) is 0. The van der Waals surface area contributed by atoms with Crippen molar-refractivity contribution in [1.29, 1.82) is 0 Å². The number of esters is 1. The second kappa shape index (κ2) is 8.22. The topological polar surface area (TPSA) is 65.7 Å². The van der Waals surface area contributed by atoms with Crippen LogP contribution in [-0.2, 0) is 0 Å². The Kier molecular flexibility index (Phi) is 5.48. The third kappa shape index (κ3) is 4.17. The Bertz CT molecular complexity index is 1310. The average molecular weight is 441 g/mol. The third-order valence-corrected chi connectivity index (χ3v) is 4.87. The van der Waals surface area contributed by atoms with E-state index >= 15 is 0 Å². The third-order valence-electron chi connectivity index (χ3n) is 4.32. The second-order valence-electron chi connectivity index (χ2n) is 6.52. The fourth-order valence-electron chi connectivity index (χ4n) is 2.78. The summed E-state index contributed by atoms with van der Waals surface area (Å²) in [6.45, 7) is 1.96. The Balaban J connectivity index is 1.59. The summed E-state index contributed by atoms with van der Waals surface area (Å²) in [4.78, 5) is 25.1. The highest BCUT2D eigenvalue weighted by molar-refractivity contribution is 6.36. The molecule has 0 N–H and O–H groups in total.